The lowest BCUT2D eigenvalue weighted by Gasteiger charge is -2.17. The van der Waals surface area contributed by atoms with Crippen molar-refractivity contribution in [1.82, 2.24) is 10.6 Å². The van der Waals surface area contributed by atoms with E-state index in [1.54, 1.807) is 0 Å². The van der Waals surface area contributed by atoms with Crippen LogP contribution in [0.2, 0.25) is 0 Å². The minimum atomic E-state index is -0.220. The molecule has 0 aliphatic heterocycles. The third kappa shape index (κ3) is 6.14. The van der Waals surface area contributed by atoms with E-state index >= 15 is 0 Å². The summed E-state index contributed by atoms with van der Waals surface area (Å²) in [4.78, 5) is 11.5. The second-order valence-electron chi connectivity index (χ2n) is 3.66. The molecule has 0 aromatic rings. The van der Waals surface area contributed by atoms with Crippen molar-refractivity contribution in [3.8, 4) is 12.3 Å². The minimum absolute atomic E-state index is 0.0167. The van der Waals surface area contributed by atoms with Crippen LogP contribution in [0.5, 0.6) is 0 Å². The molecule has 1 amide bonds. The highest BCUT2D eigenvalue weighted by Gasteiger charge is 2.14. The first-order valence-corrected chi connectivity index (χ1v) is 5.65. The standard InChI is InChI=1S/C12H22N2O/c1-5-8-9-13-12(15)10(4)14-11(6-2)7-3/h2,10-11,14H,5,7-9H2,1,3-4H3,(H,13,15). The average molecular weight is 210 g/mol. The second-order valence-corrected chi connectivity index (χ2v) is 3.66. The minimum Gasteiger partial charge on any atom is -0.355 e. The third-order valence-corrected chi connectivity index (χ3v) is 2.28. The van der Waals surface area contributed by atoms with Crippen molar-refractivity contribution in [3.63, 3.8) is 0 Å². The Kier molecular flexibility index (Phi) is 7.75. The Morgan fingerprint density at radius 3 is 2.60 bits per heavy atom. The molecule has 0 fully saturated rings. The molecule has 0 aromatic heterocycles. The fourth-order valence-electron chi connectivity index (χ4n) is 1.20. The zero-order valence-electron chi connectivity index (χ0n) is 9.97. The van der Waals surface area contributed by atoms with Gasteiger partial charge in [-0.25, -0.2) is 0 Å². The van der Waals surface area contributed by atoms with E-state index in [-0.39, 0.29) is 18.0 Å². The first kappa shape index (κ1) is 14.0. The maximum atomic E-state index is 11.5. The normalized spacial score (nSPS) is 14.0. The average Bonchev–Trinajstić information content (AvgIpc) is 2.25. The van der Waals surface area contributed by atoms with Crippen LogP contribution in [0.4, 0.5) is 0 Å². The molecule has 0 saturated heterocycles. The molecule has 0 aliphatic carbocycles. The van der Waals surface area contributed by atoms with Crippen molar-refractivity contribution in [2.45, 2.75) is 52.1 Å². The van der Waals surface area contributed by atoms with Crippen LogP contribution < -0.4 is 10.6 Å². The summed E-state index contributed by atoms with van der Waals surface area (Å²) in [5.74, 6) is 2.64. The molecule has 3 heteroatoms. The van der Waals surface area contributed by atoms with Gasteiger partial charge in [0.1, 0.15) is 0 Å². The summed E-state index contributed by atoms with van der Waals surface area (Å²) in [5, 5.41) is 5.96. The lowest BCUT2D eigenvalue weighted by atomic mass is 10.2. The lowest BCUT2D eigenvalue weighted by Crippen LogP contribution is -2.46. The molecule has 3 nitrogen and oxygen atoms in total. The number of amides is 1. The van der Waals surface area contributed by atoms with Crippen molar-refractivity contribution < 1.29 is 4.79 Å². The van der Waals surface area contributed by atoms with Crippen LogP contribution in [-0.2, 0) is 4.79 Å². The van der Waals surface area contributed by atoms with Gasteiger partial charge >= 0.3 is 0 Å². The Morgan fingerprint density at radius 2 is 2.13 bits per heavy atom. The smallest absolute Gasteiger partial charge is 0.236 e. The van der Waals surface area contributed by atoms with E-state index in [0.29, 0.717) is 0 Å². The summed E-state index contributed by atoms with van der Waals surface area (Å²) in [6.45, 7) is 6.67. The predicted molar refractivity (Wildman–Crippen MR) is 63.4 cm³/mol. The van der Waals surface area contributed by atoms with E-state index in [1.165, 1.54) is 0 Å². The first-order valence-electron chi connectivity index (χ1n) is 5.65. The zero-order chi connectivity index (χ0) is 11.7. The molecule has 0 rings (SSSR count). The van der Waals surface area contributed by atoms with Gasteiger partial charge < -0.3 is 5.32 Å². The topological polar surface area (TPSA) is 41.1 Å². The highest BCUT2D eigenvalue weighted by molar-refractivity contribution is 5.81. The molecular formula is C12H22N2O. The largest absolute Gasteiger partial charge is 0.355 e. The summed E-state index contributed by atoms with van der Waals surface area (Å²) in [5.41, 5.74) is 0. The zero-order valence-corrected chi connectivity index (χ0v) is 9.97. The van der Waals surface area contributed by atoms with Crippen LogP contribution in [0.25, 0.3) is 0 Å². The summed E-state index contributed by atoms with van der Waals surface area (Å²) in [7, 11) is 0. The molecular weight excluding hydrogens is 188 g/mol. The number of terminal acetylenes is 1. The second kappa shape index (κ2) is 8.31. The molecule has 0 aromatic carbocycles. The Labute approximate surface area is 93.0 Å². The number of carbonyl (C=O) groups is 1. The van der Waals surface area contributed by atoms with Gasteiger partial charge in [-0.1, -0.05) is 26.2 Å². The number of carbonyl (C=O) groups excluding carboxylic acids is 1. The first-order chi connectivity index (χ1) is 7.15. The van der Waals surface area contributed by atoms with Crippen LogP contribution in [0.3, 0.4) is 0 Å². The molecule has 0 saturated carbocycles. The van der Waals surface area contributed by atoms with Crippen molar-refractivity contribution in [1.29, 1.82) is 0 Å². The van der Waals surface area contributed by atoms with Gasteiger partial charge in [-0.05, 0) is 19.8 Å². The number of rotatable bonds is 7. The molecule has 2 N–H and O–H groups in total. The fourth-order valence-corrected chi connectivity index (χ4v) is 1.20. The van der Waals surface area contributed by atoms with Gasteiger partial charge in [0.05, 0.1) is 12.1 Å². The lowest BCUT2D eigenvalue weighted by molar-refractivity contribution is -0.122. The molecule has 0 spiro atoms. The number of nitrogens with one attached hydrogen (secondary N) is 2. The Bertz CT molecular complexity index is 220. The van der Waals surface area contributed by atoms with Crippen molar-refractivity contribution >= 4 is 5.91 Å². The van der Waals surface area contributed by atoms with E-state index in [4.69, 9.17) is 6.42 Å². The van der Waals surface area contributed by atoms with Crippen molar-refractivity contribution in [3.05, 3.63) is 0 Å². The molecule has 86 valence electrons. The van der Waals surface area contributed by atoms with Crippen LogP contribution in [0.1, 0.15) is 40.0 Å². The van der Waals surface area contributed by atoms with Gasteiger partial charge in [0.15, 0.2) is 0 Å². The Hall–Kier alpha value is -1.01. The van der Waals surface area contributed by atoms with Crippen molar-refractivity contribution in [2.75, 3.05) is 6.54 Å². The summed E-state index contributed by atoms with van der Waals surface area (Å²) < 4.78 is 0. The van der Waals surface area contributed by atoms with E-state index in [1.807, 2.05) is 13.8 Å². The van der Waals surface area contributed by atoms with Gasteiger partial charge in [-0.15, -0.1) is 6.42 Å². The molecule has 0 heterocycles. The highest BCUT2D eigenvalue weighted by Crippen LogP contribution is 1.92. The highest BCUT2D eigenvalue weighted by atomic mass is 16.2. The number of hydrogen-bond donors (Lipinski definition) is 2. The number of hydrogen-bond acceptors (Lipinski definition) is 2. The van der Waals surface area contributed by atoms with E-state index in [0.717, 1.165) is 25.8 Å². The van der Waals surface area contributed by atoms with Crippen LogP contribution in [0, 0.1) is 12.3 Å². The molecule has 0 aliphatic rings. The van der Waals surface area contributed by atoms with Gasteiger partial charge in [0.2, 0.25) is 5.91 Å². The van der Waals surface area contributed by atoms with E-state index < -0.39 is 0 Å². The van der Waals surface area contributed by atoms with Gasteiger partial charge in [0.25, 0.3) is 0 Å². The SMILES string of the molecule is C#CC(CC)NC(C)C(=O)NCCCC. The summed E-state index contributed by atoms with van der Waals surface area (Å²) in [6, 6.07) is -0.236. The molecule has 2 unspecified atom stereocenters. The van der Waals surface area contributed by atoms with Crippen LogP contribution in [-0.4, -0.2) is 24.5 Å². The predicted octanol–water partition coefficient (Wildman–Crippen LogP) is 1.29. The molecule has 15 heavy (non-hydrogen) atoms. The molecule has 0 bridgehead atoms. The van der Waals surface area contributed by atoms with Crippen LogP contribution >= 0.6 is 0 Å². The number of unbranched alkanes of at least 4 members (excludes halogenated alkanes) is 1. The quantitative estimate of drug-likeness (QED) is 0.491. The van der Waals surface area contributed by atoms with Gasteiger partial charge in [-0.2, -0.15) is 0 Å². The van der Waals surface area contributed by atoms with Crippen LogP contribution in [0.15, 0.2) is 0 Å². The summed E-state index contributed by atoms with van der Waals surface area (Å²) >= 11 is 0. The van der Waals surface area contributed by atoms with E-state index in [2.05, 4.69) is 23.5 Å². The van der Waals surface area contributed by atoms with E-state index in [9.17, 15) is 4.79 Å². The van der Waals surface area contributed by atoms with Crippen molar-refractivity contribution in [2.24, 2.45) is 0 Å². The van der Waals surface area contributed by atoms with Gasteiger partial charge in [-0.3, -0.25) is 10.1 Å². The van der Waals surface area contributed by atoms with Gasteiger partial charge in [0, 0.05) is 6.54 Å². The molecule has 0 radical (unpaired) electrons. The maximum Gasteiger partial charge on any atom is 0.236 e. The molecule has 2 atom stereocenters. The summed E-state index contributed by atoms with van der Waals surface area (Å²) in [6.07, 6.45) is 8.25. The fraction of sp³-hybridized carbons (Fsp3) is 0.750. The Balaban J connectivity index is 3.83. The third-order valence-electron chi connectivity index (χ3n) is 2.28. The Morgan fingerprint density at radius 1 is 1.47 bits per heavy atom. The maximum absolute atomic E-state index is 11.5. The monoisotopic (exact) mass is 210 g/mol.